The quantitative estimate of drug-likeness (QED) is 0.925. The number of rotatable bonds is 4. The summed E-state index contributed by atoms with van der Waals surface area (Å²) in [7, 11) is 0. The van der Waals surface area contributed by atoms with Crippen LogP contribution in [-0.4, -0.2) is 36.5 Å². The molecule has 0 bridgehead atoms. The van der Waals surface area contributed by atoms with Crippen molar-refractivity contribution < 1.29 is 18.8 Å². The highest BCUT2D eigenvalue weighted by Crippen LogP contribution is 2.27. The number of nitrogens with zero attached hydrogens (tertiary/aromatic N) is 1. The van der Waals surface area contributed by atoms with Gasteiger partial charge in [-0.2, -0.15) is 0 Å². The van der Waals surface area contributed by atoms with E-state index in [-0.39, 0.29) is 24.2 Å². The molecule has 0 radical (unpaired) electrons. The van der Waals surface area contributed by atoms with Gasteiger partial charge in [-0.05, 0) is 25.8 Å². The Morgan fingerprint density at radius 2 is 2.32 bits per heavy atom. The summed E-state index contributed by atoms with van der Waals surface area (Å²) < 4.78 is 19.3. The lowest BCUT2D eigenvalue weighted by atomic mass is 9.95. The van der Waals surface area contributed by atoms with Crippen LogP contribution in [0.3, 0.4) is 0 Å². The molecule has 1 aromatic carbocycles. The number of ether oxygens (including phenoxy) is 1. The fraction of sp³-hybridized carbons (Fsp3) is 0.500. The van der Waals surface area contributed by atoms with Crippen LogP contribution in [-0.2, 0) is 14.4 Å². The van der Waals surface area contributed by atoms with Gasteiger partial charge in [0.25, 0.3) is 5.91 Å². The number of benzene rings is 1. The zero-order chi connectivity index (χ0) is 15.6. The summed E-state index contributed by atoms with van der Waals surface area (Å²) in [6.45, 7) is 2.87. The van der Waals surface area contributed by atoms with Crippen LogP contribution < -0.4 is 5.32 Å². The number of nitrogens with one attached hydrogen (secondary N) is 1. The minimum atomic E-state index is -1.10. The molecule has 0 aliphatic carbocycles. The third-order valence-electron chi connectivity index (χ3n) is 4.04. The molecule has 0 spiro atoms. The Hall–Kier alpha value is -1.95. The molecule has 0 saturated carbocycles. The highest BCUT2D eigenvalue weighted by atomic mass is 19.1. The van der Waals surface area contributed by atoms with Gasteiger partial charge in [0.1, 0.15) is 5.82 Å². The minimum Gasteiger partial charge on any atom is -0.379 e. The summed E-state index contributed by atoms with van der Waals surface area (Å²) in [5.74, 6) is -0.619. The maximum atomic E-state index is 13.8. The molecule has 2 atom stereocenters. The van der Waals surface area contributed by atoms with E-state index in [9.17, 15) is 9.18 Å². The summed E-state index contributed by atoms with van der Waals surface area (Å²) in [5.41, 5.74) is -0.276. The van der Waals surface area contributed by atoms with Crippen LogP contribution in [0.15, 0.2) is 29.4 Å². The molecule has 0 unspecified atom stereocenters. The Balaban J connectivity index is 1.61. The van der Waals surface area contributed by atoms with Crippen LogP contribution in [0.4, 0.5) is 4.39 Å². The molecule has 3 rings (SSSR count). The SMILES string of the molecule is C[C@]1(C(=O)NC[C@@H]2CCCO2)CC(c2ccccc2F)=NO1. The van der Waals surface area contributed by atoms with E-state index in [1.807, 2.05) is 0 Å². The van der Waals surface area contributed by atoms with Crippen LogP contribution in [0.5, 0.6) is 0 Å². The zero-order valence-electron chi connectivity index (χ0n) is 12.5. The van der Waals surface area contributed by atoms with E-state index >= 15 is 0 Å². The third kappa shape index (κ3) is 2.97. The largest absolute Gasteiger partial charge is 0.379 e. The van der Waals surface area contributed by atoms with E-state index in [1.54, 1.807) is 25.1 Å². The highest BCUT2D eigenvalue weighted by molar-refractivity contribution is 6.05. The van der Waals surface area contributed by atoms with Crippen molar-refractivity contribution in [2.24, 2.45) is 5.16 Å². The van der Waals surface area contributed by atoms with Crippen molar-refractivity contribution in [3.05, 3.63) is 35.6 Å². The van der Waals surface area contributed by atoms with Crippen molar-refractivity contribution in [3.63, 3.8) is 0 Å². The molecule has 6 heteroatoms. The normalized spacial score (nSPS) is 27.4. The predicted molar refractivity (Wildman–Crippen MR) is 79.0 cm³/mol. The number of hydrogen-bond donors (Lipinski definition) is 1. The number of amides is 1. The summed E-state index contributed by atoms with van der Waals surface area (Å²) >= 11 is 0. The summed E-state index contributed by atoms with van der Waals surface area (Å²) in [5, 5.41) is 6.74. The Morgan fingerprint density at radius 3 is 3.05 bits per heavy atom. The molecule has 2 aliphatic heterocycles. The van der Waals surface area contributed by atoms with Crippen LogP contribution in [0, 0.1) is 5.82 Å². The monoisotopic (exact) mass is 306 g/mol. The number of halogens is 1. The van der Waals surface area contributed by atoms with Gasteiger partial charge < -0.3 is 14.9 Å². The molecule has 0 aromatic heterocycles. The maximum absolute atomic E-state index is 13.8. The molecular weight excluding hydrogens is 287 g/mol. The van der Waals surface area contributed by atoms with Gasteiger partial charge in [-0.25, -0.2) is 4.39 Å². The van der Waals surface area contributed by atoms with Gasteiger partial charge in [0.15, 0.2) is 0 Å². The van der Waals surface area contributed by atoms with Crippen LogP contribution in [0.1, 0.15) is 31.7 Å². The topological polar surface area (TPSA) is 59.9 Å². The van der Waals surface area contributed by atoms with Crippen LogP contribution in [0.2, 0.25) is 0 Å². The van der Waals surface area contributed by atoms with E-state index in [1.165, 1.54) is 6.07 Å². The van der Waals surface area contributed by atoms with E-state index in [2.05, 4.69) is 10.5 Å². The lowest BCUT2D eigenvalue weighted by Gasteiger charge is -2.21. The van der Waals surface area contributed by atoms with Crippen LogP contribution >= 0.6 is 0 Å². The second-order valence-electron chi connectivity index (χ2n) is 5.86. The van der Waals surface area contributed by atoms with Crippen molar-refractivity contribution in [2.75, 3.05) is 13.2 Å². The molecular formula is C16H19FN2O3. The fourth-order valence-electron chi connectivity index (χ4n) is 2.70. The van der Waals surface area contributed by atoms with Crippen molar-refractivity contribution in [3.8, 4) is 0 Å². The molecule has 118 valence electrons. The fourth-order valence-corrected chi connectivity index (χ4v) is 2.70. The van der Waals surface area contributed by atoms with E-state index < -0.39 is 5.60 Å². The Labute approximate surface area is 128 Å². The molecule has 1 fully saturated rings. The average Bonchev–Trinajstić information content (AvgIpc) is 3.16. The van der Waals surface area contributed by atoms with Gasteiger partial charge in [-0.1, -0.05) is 23.4 Å². The molecule has 5 nitrogen and oxygen atoms in total. The number of carbonyl (C=O) groups is 1. The molecule has 22 heavy (non-hydrogen) atoms. The zero-order valence-corrected chi connectivity index (χ0v) is 12.5. The lowest BCUT2D eigenvalue weighted by molar-refractivity contribution is -0.142. The standard InChI is InChI=1S/C16H19FN2O3/c1-16(15(20)18-10-11-5-4-8-21-11)9-14(19-22-16)12-6-2-3-7-13(12)17/h2-3,6-7,11H,4-5,8-10H2,1H3,(H,18,20)/t11-,16+/m0/s1. The van der Waals surface area contributed by atoms with Gasteiger partial charge >= 0.3 is 0 Å². The van der Waals surface area contributed by atoms with E-state index in [0.717, 1.165) is 19.4 Å². The van der Waals surface area contributed by atoms with E-state index in [4.69, 9.17) is 9.57 Å². The second kappa shape index (κ2) is 6.04. The number of hydrogen-bond acceptors (Lipinski definition) is 4. The number of oxime groups is 1. The first-order valence-electron chi connectivity index (χ1n) is 7.48. The summed E-state index contributed by atoms with van der Waals surface area (Å²) in [6.07, 6.45) is 2.29. The first-order valence-corrected chi connectivity index (χ1v) is 7.48. The molecule has 1 saturated heterocycles. The molecule has 1 amide bonds. The third-order valence-corrected chi connectivity index (χ3v) is 4.04. The van der Waals surface area contributed by atoms with Gasteiger partial charge in [0, 0.05) is 25.1 Å². The molecule has 1 N–H and O–H groups in total. The van der Waals surface area contributed by atoms with Gasteiger partial charge in [-0.15, -0.1) is 0 Å². The summed E-state index contributed by atoms with van der Waals surface area (Å²) in [6, 6.07) is 6.34. The maximum Gasteiger partial charge on any atom is 0.267 e. The lowest BCUT2D eigenvalue weighted by Crippen LogP contribution is -2.46. The van der Waals surface area contributed by atoms with Gasteiger partial charge in [0.2, 0.25) is 5.60 Å². The molecule has 2 aliphatic rings. The first kappa shape index (κ1) is 15.0. The second-order valence-corrected chi connectivity index (χ2v) is 5.86. The highest BCUT2D eigenvalue weighted by Gasteiger charge is 2.42. The first-order chi connectivity index (χ1) is 10.6. The van der Waals surface area contributed by atoms with E-state index in [0.29, 0.717) is 17.8 Å². The average molecular weight is 306 g/mol. The van der Waals surface area contributed by atoms with Crippen LogP contribution in [0.25, 0.3) is 0 Å². The Bertz CT molecular complexity index is 599. The minimum absolute atomic E-state index is 0.0703. The summed E-state index contributed by atoms with van der Waals surface area (Å²) in [4.78, 5) is 17.6. The Kier molecular flexibility index (Phi) is 4.11. The van der Waals surface area contributed by atoms with Crippen molar-refractivity contribution >= 4 is 11.6 Å². The predicted octanol–water partition coefficient (Wildman–Crippen LogP) is 2.00. The van der Waals surface area contributed by atoms with Crippen molar-refractivity contribution in [1.29, 1.82) is 0 Å². The van der Waals surface area contributed by atoms with Gasteiger partial charge in [0.05, 0.1) is 11.8 Å². The smallest absolute Gasteiger partial charge is 0.267 e. The van der Waals surface area contributed by atoms with Gasteiger partial charge in [-0.3, -0.25) is 4.79 Å². The molecule has 1 aromatic rings. The molecule has 2 heterocycles. The Morgan fingerprint density at radius 1 is 1.50 bits per heavy atom. The van der Waals surface area contributed by atoms with Crippen molar-refractivity contribution in [1.82, 2.24) is 5.32 Å². The van der Waals surface area contributed by atoms with Crippen molar-refractivity contribution in [2.45, 2.75) is 37.9 Å². The number of carbonyl (C=O) groups excluding carboxylic acids is 1.